The normalized spacial score (nSPS) is 11.5. The van der Waals surface area contributed by atoms with Crippen molar-refractivity contribution in [3.05, 3.63) is 100 Å². The maximum absolute atomic E-state index is 13.0. The van der Waals surface area contributed by atoms with Gasteiger partial charge in [-0.15, -0.1) is 0 Å². The smallest absolute Gasteiger partial charge is 0.255 e. The Balaban J connectivity index is 1.58. The molecular formula is C22H20FN3O3. The van der Waals surface area contributed by atoms with Gasteiger partial charge >= 0.3 is 0 Å². The zero-order chi connectivity index (χ0) is 20.8. The number of nitrogens with zero attached hydrogens (tertiary/aromatic N) is 1. The number of pyridine rings is 1. The SMILES string of the molecule is CC(NC(=O)Cn1ccccc1=O)c1ccc(NC(=O)c2ccc(F)cc2)cc1. The van der Waals surface area contributed by atoms with Gasteiger partial charge in [-0.2, -0.15) is 0 Å². The number of carbonyl (C=O) groups excluding carboxylic acids is 2. The first-order valence-electron chi connectivity index (χ1n) is 9.04. The van der Waals surface area contributed by atoms with Gasteiger partial charge in [0.05, 0.1) is 6.04 Å². The van der Waals surface area contributed by atoms with Crippen molar-refractivity contribution in [2.75, 3.05) is 5.32 Å². The third-order valence-corrected chi connectivity index (χ3v) is 4.37. The molecule has 1 aromatic heterocycles. The first-order valence-corrected chi connectivity index (χ1v) is 9.04. The van der Waals surface area contributed by atoms with Crippen LogP contribution in [0.4, 0.5) is 10.1 Å². The number of rotatable bonds is 6. The minimum atomic E-state index is -0.404. The molecule has 2 N–H and O–H groups in total. The van der Waals surface area contributed by atoms with Gasteiger partial charge in [0.15, 0.2) is 0 Å². The number of amides is 2. The maximum Gasteiger partial charge on any atom is 0.255 e. The fourth-order valence-corrected chi connectivity index (χ4v) is 2.78. The van der Waals surface area contributed by atoms with Crippen molar-refractivity contribution in [1.82, 2.24) is 9.88 Å². The fraction of sp³-hybridized carbons (Fsp3) is 0.136. The van der Waals surface area contributed by atoms with Crippen LogP contribution in [-0.4, -0.2) is 16.4 Å². The highest BCUT2D eigenvalue weighted by molar-refractivity contribution is 6.04. The summed E-state index contributed by atoms with van der Waals surface area (Å²) in [6.07, 6.45) is 1.56. The number of hydrogen-bond donors (Lipinski definition) is 2. The molecule has 7 heteroatoms. The summed E-state index contributed by atoms with van der Waals surface area (Å²) in [5.41, 5.74) is 1.54. The van der Waals surface area contributed by atoms with Crippen LogP contribution in [0.3, 0.4) is 0 Å². The summed E-state index contributed by atoms with van der Waals surface area (Å²) < 4.78 is 14.3. The van der Waals surface area contributed by atoms with Crippen molar-refractivity contribution in [2.24, 2.45) is 0 Å². The second-order valence-electron chi connectivity index (χ2n) is 6.54. The van der Waals surface area contributed by atoms with Crippen molar-refractivity contribution in [3.8, 4) is 0 Å². The van der Waals surface area contributed by atoms with E-state index in [-0.39, 0.29) is 30.0 Å². The number of halogens is 1. The Bertz CT molecular complexity index is 1060. The second-order valence-corrected chi connectivity index (χ2v) is 6.54. The predicted octanol–water partition coefficient (Wildman–Crippen LogP) is 3.12. The molecule has 0 saturated heterocycles. The van der Waals surface area contributed by atoms with Crippen LogP contribution in [0.2, 0.25) is 0 Å². The van der Waals surface area contributed by atoms with Gasteiger partial charge in [0.2, 0.25) is 5.91 Å². The number of aromatic nitrogens is 1. The molecule has 3 rings (SSSR count). The first-order chi connectivity index (χ1) is 13.9. The van der Waals surface area contributed by atoms with Crippen LogP contribution in [0.5, 0.6) is 0 Å². The molecule has 1 heterocycles. The third-order valence-electron chi connectivity index (χ3n) is 4.37. The van der Waals surface area contributed by atoms with Crippen LogP contribution in [0.25, 0.3) is 0 Å². The van der Waals surface area contributed by atoms with E-state index in [1.807, 2.05) is 6.92 Å². The lowest BCUT2D eigenvalue weighted by atomic mass is 10.1. The van der Waals surface area contributed by atoms with Crippen LogP contribution in [0, 0.1) is 5.82 Å². The molecule has 0 saturated carbocycles. The Kier molecular flexibility index (Phi) is 6.19. The Morgan fingerprint density at radius 2 is 1.69 bits per heavy atom. The van der Waals surface area contributed by atoms with Gasteiger partial charge in [-0.3, -0.25) is 14.4 Å². The van der Waals surface area contributed by atoms with Crippen molar-refractivity contribution in [3.63, 3.8) is 0 Å². The number of carbonyl (C=O) groups is 2. The summed E-state index contributed by atoms with van der Waals surface area (Å²) in [6.45, 7) is 1.77. The molecule has 148 valence electrons. The quantitative estimate of drug-likeness (QED) is 0.675. The Hall–Kier alpha value is -3.74. The number of benzene rings is 2. The van der Waals surface area contributed by atoms with Gasteiger partial charge < -0.3 is 15.2 Å². The number of nitrogens with one attached hydrogen (secondary N) is 2. The lowest BCUT2D eigenvalue weighted by Gasteiger charge is -2.15. The second kappa shape index (κ2) is 8.97. The zero-order valence-corrected chi connectivity index (χ0v) is 15.8. The summed E-state index contributed by atoms with van der Waals surface area (Å²) in [5.74, 6) is -1.02. The summed E-state index contributed by atoms with van der Waals surface area (Å²) >= 11 is 0. The van der Waals surface area contributed by atoms with E-state index in [4.69, 9.17) is 0 Å². The largest absolute Gasteiger partial charge is 0.348 e. The van der Waals surface area contributed by atoms with Crippen molar-refractivity contribution < 1.29 is 14.0 Å². The van der Waals surface area contributed by atoms with Crippen LogP contribution < -0.4 is 16.2 Å². The van der Waals surface area contributed by atoms with E-state index >= 15 is 0 Å². The molecule has 6 nitrogen and oxygen atoms in total. The molecule has 0 aliphatic heterocycles. The molecule has 1 unspecified atom stereocenters. The van der Waals surface area contributed by atoms with Crippen molar-refractivity contribution >= 4 is 17.5 Å². The van der Waals surface area contributed by atoms with E-state index in [2.05, 4.69) is 10.6 Å². The summed E-state index contributed by atoms with van der Waals surface area (Å²) in [7, 11) is 0. The van der Waals surface area contributed by atoms with Crippen molar-refractivity contribution in [1.29, 1.82) is 0 Å². The molecule has 29 heavy (non-hydrogen) atoms. The third kappa shape index (κ3) is 5.38. The minimum Gasteiger partial charge on any atom is -0.348 e. The molecule has 0 bridgehead atoms. The highest BCUT2D eigenvalue weighted by atomic mass is 19.1. The monoisotopic (exact) mass is 393 g/mol. The van der Waals surface area contributed by atoms with E-state index in [9.17, 15) is 18.8 Å². The van der Waals surface area contributed by atoms with Gasteiger partial charge in [0.1, 0.15) is 12.4 Å². The first kappa shape index (κ1) is 20.0. The molecular weight excluding hydrogens is 373 g/mol. The van der Waals surface area contributed by atoms with Crippen molar-refractivity contribution in [2.45, 2.75) is 19.5 Å². The Labute approximate surface area is 167 Å². The van der Waals surface area contributed by atoms with E-state index in [1.54, 1.807) is 42.6 Å². The number of anilines is 1. The number of hydrogen-bond acceptors (Lipinski definition) is 3. The Morgan fingerprint density at radius 1 is 1.00 bits per heavy atom. The molecule has 1 atom stereocenters. The minimum absolute atomic E-state index is 0.0597. The van der Waals surface area contributed by atoms with Gasteiger partial charge in [0.25, 0.3) is 11.5 Å². The molecule has 2 aromatic carbocycles. The molecule has 2 amide bonds. The van der Waals surface area contributed by atoms with Gasteiger partial charge in [-0.1, -0.05) is 18.2 Å². The molecule has 0 aliphatic rings. The van der Waals surface area contributed by atoms with E-state index < -0.39 is 5.82 Å². The van der Waals surface area contributed by atoms with Crippen LogP contribution >= 0.6 is 0 Å². The summed E-state index contributed by atoms with van der Waals surface area (Å²) in [4.78, 5) is 36.0. The standard InChI is InChI=1S/C22H20FN3O3/c1-15(24-20(27)14-26-13-3-2-4-21(26)28)16-7-11-19(12-8-16)25-22(29)17-5-9-18(23)10-6-17/h2-13,15H,14H2,1H3,(H,24,27)(H,25,29). The molecule has 0 radical (unpaired) electrons. The topological polar surface area (TPSA) is 80.2 Å². The highest BCUT2D eigenvalue weighted by Gasteiger charge is 2.11. The lowest BCUT2D eigenvalue weighted by Crippen LogP contribution is -2.33. The van der Waals surface area contributed by atoms with Gasteiger partial charge in [-0.25, -0.2) is 4.39 Å². The molecule has 0 spiro atoms. The molecule has 3 aromatic rings. The van der Waals surface area contributed by atoms with E-state index in [1.165, 1.54) is 34.9 Å². The van der Waals surface area contributed by atoms with Crippen LogP contribution in [-0.2, 0) is 11.3 Å². The highest BCUT2D eigenvalue weighted by Crippen LogP contribution is 2.17. The van der Waals surface area contributed by atoms with Crippen LogP contribution in [0.1, 0.15) is 28.9 Å². The van der Waals surface area contributed by atoms with Crippen LogP contribution in [0.15, 0.2) is 77.7 Å². The Morgan fingerprint density at radius 3 is 2.34 bits per heavy atom. The van der Waals surface area contributed by atoms with E-state index in [0.29, 0.717) is 11.3 Å². The van der Waals surface area contributed by atoms with E-state index in [0.717, 1.165) is 5.56 Å². The average Bonchev–Trinajstić information content (AvgIpc) is 2.70. The zero-order valence-electron chi connectivity index (χ0n) is 15.8. The summed E-state index contributed by atoms with van der Waals surface area (Å²) in [5, 5.41) is 5.58. The van der Waals surface area contributed by atoms with Gasteiger partial charge in [-0.05, 0) is 55.0 Å². The van der Waals surface area contributed by atoms with Gasteiger partial charge in [0, 0.05) is 23.5 Å². The molecule has 0 fully saturated rings. The summed E-state index contributed by atoms with van der Waals surface area (Å²) in [6, 6.07) is 16.7. The fourth-order valence-electron chi connectivity index (χ4n) is 2.78. The lowest BCUT2D eigenvalue weighted by molar-refractivity contribution is -0.122. The predicted molar refractivity (Wildman–Crippen MR) is 108 cm³/mol. The average molecular weight is 393 g/mol. The molecule has 0 aliphatic carbocycles. The maximum atomic E-state index is 13.0.